The quantitative estimate of drug-likeness (QED) is 0.880. The van der Waals surface area contributed by atoms with Crippen molar-refractivity contribution in [2.75, 3.05) is 19.5 Å². The molecule has 0 unspecified atom stereocenters. The van der Waals surface area contributed by atoms with E-state index in [0.717, 1.165) is 22.7 Å². The molecule has 20 heavy (non-hydrogen) atoms. The van der Waals surface area contributed by atoms with Crippen molar-refractivity contribution in [1.82, 2.24) is 9.78 Å². The lowest BCUT2D eigenvalue weighted by Gasteiger charge is -2.13. The Balaban J connectivity index is 2.10. The van der Waals surface area contributed by atoms with Crippen molar-refractivity contribution in [2.24, 2.45) is 0 Å². The van der Waals surface area contributed by atoms with Gasteiger partial charge in [-0.15, -0.1) is 0 Å². The van der Waals surface area contributed by atoms with Crippen LogP contribution in [0.1, 0.15) is 25.5 Å². The molecule has 0 saturated heterocycles. The molecule has 0 amide bonds. The first kappa shape index (κ1) is 14.2. The summed E-state index contributed by atoms with van der Waals surface area (Å²) in [6, 6.07) is 6.22. The number of rotatable bonds is 6. The SMILES string of the molecule is COc1cccc(CNc2cnn(C(C)C)c2)c1OC. The summed E-state index contributed by atoms with van der Waals surface area (Å²) in [5.41, 5.74) is 2.03. The Morgan fingerprint density at radius 1 is 1.25 bits per heavy atom. The molecule has 1 heterocycles. The average molecular weight is 275 g/mol. The molecule has 1 N–H and O–H groups in total. The van der Waals surface area contributed by atoms with Gasteiger partial charge in [-0.25, -0.2) is 0 Å². The minimum absolute atomic E-state index is 0.358. The number of anilines is 1. The van der Waals surface area contributed by atoms with E-state index in [1.807, 2.05) is 35.3 Å². The van der Waals surface area contributed by atoms with Crippen LogP contribution in [0.15, 0.2) is 30.6 Å². The Kier molecular flexibility index (Phi) is 4.50. The number of nitrogens with one attached hydrogen (secondary N) is 1. The number of hydrogen-bond acceptors (Lipinski definition) is 4. The molecule has 0 spiro atoms. The Morgan fingerprint density at radius 2 is 2.05 bits per heavy atom. The summed E-state index contributed by atoms with van der Waals surface area (Å²) in [7, 11) is 3.29. The van der Waals surface area contributed by atoms with E-state index in [4.69, 9.17) is 9.47 Å². The number of benzene rings is 1. The van der Waals surface area contributed by atoms with Crippen molar-refractivity contribution in [2.45, 2.75) is 26.4 Å². The summed E-state index contributed by atoms with van der Waals surface area (Å²) in [5.74, 6) is 1.50. The van der Waals surface area contributed by atoms with Crippen molar-refractivity contribution >= 4 is 5.69 Å². The Bertz CT molecular complexity index is 564. The fourth-order valence-electron chi connectivity index (χ4n) is 2.00. The molecule has 2 aromatic rings. The van der Waals surface area contributed by atoms with Crippen LogP contribution in [0.25, 0.3) is 0 Å². The van der Waals surface area contributed by atoms with Gasteiger partial charge in [-0.2, -0.15) is 5.10 Å². The Hall–Kier alpha value is -2.17. The Labute approximate surface area is 119 Å². The van der Waals surface area contributed by atoms with Gasteiger partial charge in [0.15, 0.2) is 11.5 Å². The van der Waals surface area contributed by atoms with Gasteiger partial charge in [0.25, 0.3) is 0 Å². The monoisotopic (exact) mass is 275 g/mol. The van der Waals surface area contributed by atoms with Gasteiger partial charge in [0.05, 0.1) is 26.1 Å². The lowest BCUT2D eigenvalue weighted by molar-refractivity contribution is 0.352. The summed E-state index contributed by atoms with van der Waals surface area (Å²) in [5, 5.41) is 7.65. The normalized spacial score (nSPS) is 10.7. The third-order valence-corrected chi connectivity index (χ3v) is 3.10. The number of nitrogens with zero attached hydrogens (tertiary/aromatic N) is 2. The summed E-state index contributed by atoms with van der Waals surface area (Å²) in [6.07, 6.45) is 3.82. The maximum Gasteiger partial charge on any atom is 0.165 e. The molecule has 1 aromatic carbocycles. The van der Waals surface area contributed by atoms with Gasteiger partial charge in [0.1, 0.15) is 0 Å². The van der Waals surface area contributed by atoms with Crippen LogP contribution < -0.4 is 14.8 Å². The van der Waals surface area contributed by atoms with Gasteiger partial charge in [0.2, 0.25) is 0 Å². The largest absolute Gasteiger partial charge is 0.493 e. The third kappa shape index (κ3) is 3.04. The second kappa shape index (κ2) is 6.32. The van der Waals surface area contributed by atoms with E-state index in [1.165, 1.54) is 0 Å². The highest BCUT2D eigenvalue weighted by atomic mass is 16.5. The highest BCUT2D eigenvalue weighted by molar-refractivity contribution is 5.49. The zero-order chi connectivity index (χ0) is 14.5. The standard InChI is InChI=1S/C15H21N3O2/c1-11(2)18-10-13(9-17-18)16-8-12-6-5-7-14(19-3)15(12)20-4/h5-7,9-11,16H,8H2,1-4H3. The topological polar surface area (TPSA) is 48.3 Å². The minimum atomic E-state index is 0.358. The first-order valence-electron chi connectivity index (χ1n) is 6.63. The van der Waals surface area contributed by atoms with E-state index in [2.05, 4.69) is 24.3 Å². The predicted octanol–water partition coefficient (Wildman–Crippen LogP) is 3.09. The summed E-state index contributed by atoms with van der Waals surface area (Å²) < 4.78 is 12.6. The molecule has 0 fully saturated rings. The fraction of sp³-hybridized carbons (Fsp3) is 0.400. The van der Waals surface area contributed by atoms with Crippen molar-refractivity contribution < 1.29 is 9.47 Å². The van der Waals surface area contributed by atoms with Gasteiger partial charge in [0, 0.05) is 24.3 Å². The smallest absolute Gasteiger partial charge is 0.165 e. The highest BCUT2D eigenvalue weighted by Crippen LogP contribution is 2.31. The number of aromatic nitrogens is 2. The molecule has 0 bridgehead atoms. The van der Waals surface area contributed by atoms with E-state index in [0.29, 0.717) is 12.6 Å². The lowest BCUT2D eigenvalue weighted by atomic mass is 10.2. The van der Waals surface area contributed by atoms with Crippen LogP contribution in [0.5, 0.6) is 11.5 Å². The zero-order valence-electron chi connectivity index (χ0n) is 12.4. The first-order valence-corrected chi connectivity index (χ1v) is 6.63. The van der Waals surface area contributed by atoms with Crippen LogP contribution in [0.3, 0.4) is 0 Å². The van der Waals surface area contributed by atoms with Gasteiger partial charge in [-0.3, -0.25) is 4.68 Å². The second-order valence-corrected chi connectivity index (χ2v) is 4.81. The van der Waals surface area contributed by atoms with Gasteiger partial charge < -0.3 is 14.8 Å². The lowest BCUT2D eigenvalue weighted by Crippen LogP contribution is -2.03. The van der Waals surface area contributed by atoms with E-state index in [1.54, 1.807) is 14.2 Å². The van der Waals surface area contributed by atoms with Crippen LogP contribution in [-0.4, -0.2) is 24.0 Å². The first-order chi connectivity index (χ1) is 9.65. The number of ether oxygens (including phenoxy) is 2. The van der Waals surface area contributed by atoms with Crippen LogP contribution in [0.4, 0.5) is 5.69 Å². The molecule has 0 radical (unpaired) electrons. The summed E-state index contributed by atoms with van der Waals surface area (Å²) in [4.78, 5) is 0. The molecule has 0 saturated carbocycles. The molecular formula is C15H21N3O2. The van der Waals surface area contributed by atoms with Crippen molar-refractivity contribution in [3.63, 3.8) is 0 Å². The average Bonchev–Trinajstić information content (AvgIpc) is 2.93. The molecule has 5 nitrogen and oxygen atoms in total. The molecule has 2 rings (SSSR count). The molecule has 1 aromatic heterocycles. The predicted molar refractivity (Wildman–Crippen MR) is 79.5 cm³/mol. The molecular weight excluding hydrogens is 254 g/mol. The Morgan fingerprint density at radius 3 is 2.65 bits per heavy atom. The van der Waals surface area contributed by atoms with Crippen LogP contribution in [0.2, 0.25) is 0 Å². The molecule has 0 atom stereocenters. The van der Waals surface area contributed by atoms with Gasteiger partial charge in [-0.05, 0) is 19.9 Å². The van der Waals surface area contributed by atoms with Gasteiger partial charge in [-0.1, -0.05) is 12.1 Å². The molecule has 5 heteroatoms. The van der Waals surface area contributed by atoms with E-state index < -0.39 is 0 Å². The van der Waals surface area contributed by atoms with E-state index in [-0.39, 0.29) is 0 Å². The maximum atomic E-state index is 5.41. The number of hydrogen-bond donors (Lipinski definition) is 1. The maximum absolute atomic E-state index is 5.41. The van der Waals surface area contributed by atoms with Crippen LogP contribution >= 0.6 is 0 Å². The molecule has 0 aliphatic heterocycles. The van der Waals surface area contributed by atoms with Crippen molar-refractivity contribution in [3.8, 4) is 11.5 Å². The summed E-state index contributed by atoms with van der Waals surface area (Å²) in [6.45, 7) is 4.86. The fourth-order valence-corrected chi connectivity index (χ4v) is 2.00. The van der Waals surface area contributed by atoms with Gasteiger partial charge >= 0.3 is 0 Å². The summed E-state index contributed by atoms with van der Waals surface area (Å²) >= 11 is 0. The zero-order valence-corrected chi connectivity index (χ0v) is 12.4. The molecule has 0 aliphatic rings. The highest BCUT2D eigenvalue weighted by Gasteiger charge is 2.09. The van der Waals surface area contributed by atoms with E-state index in [9.17, 15) is 0 Å². The number of methoxy groups -OCH3 is 2. The van der Waals surface area contributed by atoms with Crippen LogP contribution in [-0.2, 0) is 6.54 Å². The van der Waals surface area contributed by atoms with Crippen molar-refractivity contribution in [3.05, 3.63) is 36.2 Å². The minimum Gasteiger partial charge on any atom is -0.493 e. The van der Waals surface area contributed by atoms with Crippen molar-refractivity contribution in [1.29, 1.82) is 0 Å². The number of para-hydroxylation sites is 1. The molecule has 108 valence electrons. The molecule has 0 aliphatic carbocycles. The third-order valence-electron chi connectivity index (χ3n) is 3.10. The second-order valence-electron chi connectivity index (χ2n) is 4.81. The van der Waals surface area contributed by atoms with Crippen LogP contribution in [0, 0.1) is 0 Å². The van der Waals surface area contributed by atoms with E-state index >= 15 is 0 Å².